The van der Waals surface area contributed by atoms with Gasteiger partial charge < -0.3 is 0 Å². The molecule has 3 rings (SSSR count). The highest BCUT2D eigenvalue weighted by molar-refractivity contribution is 7.03. The predicted octanol–water partition coefficient (Wildman–Crippen LogP) is 4.94. The van der Waals surface area contributed by atoms with Gasteiger partial charge in [-0.15, -0.1) is 0 Å². The van der Waals surface area contributed by atoms with E-state index in [9.17, 15) is 0 Å². The standard InChI is InChI=1S/C22H26Si/c1-19(2)10-9-11-20-16-17-23(18-20,21-12-5-3-6-13-21)22-14-7-4-8-15-22/h3-8,10,12-16H,9,11,17-18H2,1-2H3. The summed E-state index contributed by atoms with van der Waals surface area (Å²) in [5.74, 6) is 0. The number of hydrogen-bond donors (Lipinski definition) is 0. The number of allylic oxidation sites excluding steroid dienone is 4. The van der Waals surface area contributed by atoms with Crippen LogP contribution in [0.3, 0.4) is 0 Å². The molecule has 0 aromatic heterocycles. The van der Waals surface area contributed by atoms with Crippen LogP contribution in [0.2, 0.25) is 12.1 Å². The van der Waals surface area contributed by atoms with E-state index in [2.05, 4.69) is 86.7 Å². The van der Waals surface area contributed by atoms with Crippen molar-refractivity contribution >= 4 is 18.4 Å². The van der Waals surface area contributed by atoms with Crippen LogP contribution in [0.1, 0.15) is 26.7 Å². The minimum absolute atomic E-state index is 1.18. The summed E-state index contributed by atoms with van der Waals surface area (Å²) in [6.45, 7) is 4.38. The zero-order chi connectivity index (χ0) is 16.1. The van der Waals surface area contributed by atoms with E-state index >= 15 is 0 Å². The van der Waals surface area contributed by atoms with Gasteiger partial charge in [-0.1, -0.05) is 94.3 Å². The molecule has 0 amide bonds. The topological polar surface area (TPSA) is 0 Å². The Hall–Kier alpha value is -1.86. The summed E-state index contributed by atoms with van der Waals surface area (Å²) in [6, 6.07) is 25.0. The molecule has 1 heterocycles. The van der Waals surface area contributed by atoms with Crippen LogP contribution in [-0.4, -0.2) is 8.07 Å². The Bertz CT molecular complexity index is 652. The molecule has 1 heteroatoms. The molecule has 0 spiro atoms. The van der Waals surface area contributed by atoms with Crippen LogP contribution in [0.5, 0.6) is 0 Å². The molecule has 0 atom stereocenters. The van der Waals surface area contributed by atoms with E-state index in [0.717, 1.165) is 0 Å². The summed E-state index contributed by atoms with van der Waals surface area (Å²) in [6.07, 6.45) is 7.32. The Morgan fingerprint density at radius 3 is 2.00 bits per heavy atom. The predicted molar refractivity (Wildman–Crippen MR) is 104 cm³/mol. The van der Waals surface area contributed by atoms with E-state index < -0.39 is 8.07 Å². The maximum Gasteiger partial charge on any atom is 0.125 e. The van der Waals surface area contributed by atoms with Crippen LogP contribution in [0.15, 0.2) is 84.0 Å². The Labute approximate surface area is 141 Å². The van der Waals surface area contributed by atoms with Gasteiger partial charge in [0.25, 0.3) is 0 Å². The van der Waals surface area contributed by atoms with Crippen LogP contribution in [-0.2, 0) is 0 Å². The first-order chi connectivity index (χ1) is 11.2. The van der Waals surface area contributed by atoms with Crippen LogP contribution in [0.25, 0.3) is 0 Å². The molecule has 0 nitrogen and oxygen atoms in total. The second-order valence-corrected chi connectivity index (χ2v) is 11.0. The molecule has 0 saturated heterocycles. The maximum absolute atomic E-state index is 2.55. The van der Waals surface area contributed by atoms with E-state index in [1.807, 2.05) is 0 Å². The Kier molecular flexibility index (Phi) is 4.97. The van der Waals surface area contributed by atoms with Gasteiger partial charge in [-0.2, -0.15) is 0 Å². The molecule has 2 aromatic rings. The lowest BCUT2D eigenvalue weighted by Gasteiger charge is -2.29. The Morgan fingerprint density at radius 2 is 1.48 bits per heavy atom. The summed E-state index contributed by atoms with van der Waals surface area (Å²) < 4.78 is 0. The Morgan fingerprint density at radius 1 is 0.913 bits per heavy atom. The zero-order valence-electron chi connectivity index (χ0n) is 14.3. The minimum atomic E-state index is -1.64. The molecule has 0 N–H and O–H groups in total. The fourth-order valence-corrected chi connectivity index (χ4v) is 8.46. The smallest absolute Gasteiger partial charge is 0.0876 e. The summed E-state index contributed by atoms with van der Waals surface area (Å²) in [7, 11) is -1.64. The third-order valence-corrected chi connectivity index (χ3v) is 9.77. The van der Waals surface area contributed by atoms with Crippen molar-refractivity contribution in [1.29, 1.82) is 0 Å². The number of hydrogen-bond acceptors (Lipinski definition) is 0. The molecular weight excluding hydrogens is 292 g/mol. The highest BCUT2D eigenvalue weighted by Crippen LogP contribution is 2.32. The lowest BCUT2D eigenvalue weighted by Crippen LogP contribution is -2.56. The fourth-order valence-electron chi connectivity index (χ4n) is 3.71. The van der Waals surface area contributed by atoms with E-state index in [-0.39, 0.29) is 0 Å². The lowest BCUT2D eigenvalue weighted by atomic mass is 10.1. The van der Waals surface area contributed by atoms with Gasteiger partial charge >= 0.3 is 0 Å². The van der Waals surface area contributed by atoms with Crippen molar-refractivity contribution in [3.8, 4) is 0 Å². The minimum Gasteiger partial charge on any atom is -0.0876 e. The molecule has 23 heavy (non-hydrogen) atoms. The highest BCUT2D eigenvalue weighted by Gasteiger charge is 2.39. The molecule has 1 aliphatic rings. The first-order valence-corrected chi connectivity index (χ1v) is 11.0. The third kappa shape index (κ3) is 3.56. The number of rotatable bonds is 5. The van der Waals surface area contributed by atoms with Crippen molar-refractivity contribution in [2.24, 2.45) is 0 Å². The largest absolute Gasteiger partial charge is 0.125 e. The fraction of sp³-hybridized carbons (Fsp3) is 0.273. The molecule has 118 valence electrons. The molecule has 0 saturated carbocycles. The summed E-state index contributed by atoms with van der Waals surface area (Å²) in [4.78, 5) is 0. The first-order valence-electron chi connectivity index (χ1n) is 8.63. The van der Waals surface area contributed by atoms with Gasteiger partial charge in [0.05, 0.1) is 0 Å². The lowest BCUT2D eigenvalue weighted by molar-refractivity contribution is 0.967. The van der Waals surface area contributed by atoms with E-state index in [4.69, 9.17) is 0 Å². The molecule has 0 bridgehead atoms. The second-order valence-electron chi connectivity index (χ2n) is 6.88. The second kappa shape index (κ2) is 7.14. The Balaban J connectivity index is 1.87. The highest BCUT2D eigenvalue weighted by atomic mass is 28.3. The van der Waals surface area contributed by atoms with Crippen molar-refractivity contribution in [3.05, 3.63) is 84.0 Å². The van der Waals surface area contributed by atoms with Crippen molar-refractivity contribution < 1.29 is 0 Å². The molecule has 1 aliphatic heterocycles. The average Bonchev–Trinajstić information content (AvgIpc) is 3.02. The van der Waals surface area contributed by atoms with Crippen LogP contribution < -0.4 is 10.4 Å². The van der Waals surface area contributed by atoms with Crippen LogP contribution >= 0.6 is 0 Å². The van der Waals surface area contributed by atoms with Gasteiger partial charge in [-0.05, 0) is 38.8 Å². The van der Waals surface area contributed by atoms with Crippen molar-refractivity contribution in [2.45, 2.75) is 38.8 Å². The summed E-state index contributed by atoms with van der Waals surface area (Å²) in [5, 5.41) is 3.17. The van der Waals surface area contributed by atoms with Gasteiger partial charge in [0.15, 0.2) is 0 Å². The molecular formula is C22H26Si. The summed E-state index contributed by atoms with van der Waals surface area (Å²) in [5.41, 5.74) is 3.10. The molecule has 0 fully saturated rings. The summed E-state index contributed by atoms with van der Waals surface area (Å²) >= 11 is 0. The quantitative estimate of drug-likeness (QED) is 0.541. The maximum atomic E-state index is 2.55. The van der Waals surface area contributed by atoms with Gasteiger partial charge in [0.1, 0.15) is 8.07 Å². The van der Waals surface area contributed by atoms with Crippen LogP contribution in [0.4, 0.5) is 0 Å². The van der Waals surface area contributed by atoms with Crippen molar-refractivity contribution in [2.75, 3.05) is 0 Å². The van der Waals surface area contributed by atoms with Crippen LogP contribution in [0, 0.1) is 0 Å². The van der Waals surface area contributed by atoms with Crippen molar-refractivity contribution in [1.82, 2.24) is 0 Å². The molecule has 0 unspecified atom stereocenters. The monoisotopic (exact) mass is 318 g/mol. The molecule has 0 aliphatic carbocycles. The van der Waals surface area contributed by atoms with Gasteiger partial charge in [-0.25, -0.2) is 0 Å². The molecule has 2 aromatic carbocycles. The molecule has 0 radical (unpaired) electrons. The van der Waals surface area contributed by atoms with Gasteiger partial charge in [-0.3, -0.25) is 0 Å². The number of benzene rings is 2. The van der Waals surface area contributed by atoms with Crippen molar-refractivity contribution in [3.63, 3.8) is 0 Å². The first kappa shape index (κ1) is 16.0. The van der Waals surface area contributed by atoms with Gasteiger partial charge in [0.2, 0.25) is 0 Å². The average molecular weight is 319 g/mol. The zero-order valence-corrected chi connectivity index (χ0v) is 15.3. The van der Waals surface area contributed by atoms with E-state index in [1.165, 1.54) is 30.5 Å². The van der Waals surface area contributed by atoms with E-state index in [1.54, 1.807) is 15.9 Å². The van der Waals surface area contributed by atoms with Gasteiger partial charge in [0, 0.05) is 0 Å². The normalized spacial score (nSPS) is 16.0. The van der Waals surface area contributed by atoms with E-state index in [0.29, 0.717) is 0 Å². The third-order valence-electron chi connectivity index (χ3n) is 4.94. The SMILES string of the molecule is CC(C)=CCCC1=CC[Si](c2ccccc2)(c2ccccc2)C1.